The first kappa shape index (κ1) is 13.3. The molecular weight excluding hydrogens is 244 g/mol. The summed E-state index contributed by atoms with van der Waals surface area (Å²) in [6.45, 7) is 0.531. The Morgan fingerprint density at radius 2 is 2.00 bits per heavy atom. The summed E-state index contributed by atoms with van der Waals surface area (Å²) < 4.78 is 1.45. The molecule has 0 atom stereocenters. The van der Waals surface area contributed by atoms with Crippen molar-refractivity contribution in [2.24, 2.45) is 0 Å². The van der Waals surface area contributed by atoms with Crippen LogP contribution in [0.25, 0.3) is 10.8 Å². The Morgan fingerprint density at radius 3 is 2.79 bits per heavy atom. The summed E-state index contributed by atoms with van der Waals surface area (Å²) in [4.78, 5) is 22.5. The highest BCUT2D eigenvalue weighted by atomic mass is 16.4. The molecule has 0 unspecified atom stereocenters. The van der Waals surface area contributed by atoms with Gasteiger partial charge < -0.3 is 5.11 Å². The number of unbranched alkanes of at least 4 members (excludes halogenated alkanes) is 2. The molecule has 0 aliphatic heterocycles. The van der Waals surface area contributed by atoms with Gasteiger partial charge in [0.25, 0.3) is 5.56 Å². The maximum atomic E-state index is 12.1. The van der Waals surface area contributed by atoms with E-state index in [0.29, 0.717) is 18.4 Å². The first-order chi connectivity index (χ1) is 9.18. The standard InChI is InChI=1S/C14H16N2O3/c17-13(18)8-2-1-5-9-16-14(19)12-7-4-3-6-11(12)10-15-16/h3-4,6-7,10H,1-2,5,8-9H2,(H,17,18). The van der Waals surface area contributed by atoms with E-state index >= 15 is 0 Å². The molecule has 0 fully saturated rings. The number of hydrogen-bond donors (Lipinski definition) is 1. The Morgan fingerprint density at radius 1 is 1.21 bits per heavy atom. The Labute approximate surface area is 110 Å². The fourth-order valence-corrected chi connectivity index (χ4v) is 2.00. The molecule has 0 saturated heterocycles. The smallest absolute Gasteiger partial charge is 0.303 e. The number of fused-ring (bicyclic) bond motifs is 1. The molecule has 2 rings (SSSR count). The fraction of sp³-hybridized carbons (Fsp3) is 0.357. The highest BCUT2D eigenvalue weighted by molar-refractivity contribution is 5.80. The summed E-state index contributed by atoms with van der Waals surface area (Å²) >= 11 is 0. The van der Waals surface area contributed by atoms with Gasteiger partial charge in [-0.25, -0.2) is 4.68 Å². The molecule has 0 spiro atoms. The van der Waals surface area contributed by atoms with Gasteiger partial charge in [-0.3, -0.25) is 9.59 Å². The van der Waals surface area contributed by atoms with Crippen molar-refractivity contribution in [1.82, 2.24) is 9.78 Å². The Bertz CT molecular complexity index is 634. The Kier molecular flexibility index (Phi) is 4.28. The minimum absolute atomic E-state index is 0.0867. The fourth-order valence-electron chi connectivity index (χ4n) is 2.00. The lowest BCUT2D eigenvalue weighted by molar-refractivity contribution is -0.137. The zero-order valence-corrected chi connectivity index (χ0v) is 10.6. The maximum absolute atomic E-state index is 12.1. The molecule has 19 heavy (non-hydrogen) atoms. The quantitative estimate of drug-likeness (QED) is 0.807. The zero-order chi connectivity index (χ0) is 13.7. The van der Waals surface area contributed by atoms with Crippen LogP contribution in [0.2, 0.25) is 0 Å². The number of aliphatic carboxylic acids is 1. The lowest BCUT2D eigenvalue weighted by atomic mass is 10.2. The maximum Gasteiger partial charge on any atom is 0.303 e. The number of aryl methyl sites for hydroxylation is 1. The van der Waals surface area contributed by atoms with Crippen molar-refractivity contribution < 1.29 is 9.90 Å². The van der Waals surface area contributed by atoms with E-state index in [9.17, 15) is 9.59 Å². The Hall–Kier alpha value is -2.17. The van der Waals surface area contributed by atoms with Crippen LogP contribution in [0, 0.1) is 0 Å². The molecule has 0 saturated carbocycles. The predicted octanol–water partition coefficient (Wildman–Crippen LogP) is 2.04. The normalized spacial score (nSPS) is 10.7. The second kappa shape index (κ2) is 6.13. The van der Waals surface area contributed by atoms with Gasteiger partial charge in [0.1, 0.15) is 0 Å². The molecule has 100 valence electrons. The van der Waals surface area contributed by atoms with E-state index in [1.807, 2.05) is 18.2 Å². The van der Waals surface area contributed by atoms with Crippen LogP contribution in [-0.2, 0) is 11.3 Å². The van der Waals surface area contributed by atoms with E-state index in [1.165, 1.54) is 4.68 Å². The SMILES string of the molecule is O=C(O)CCCCCn1ncc2ccccc2c1=O. The topological polar surface area (TPSA) is 72.2 Å². The summed E-state index contributed by atoms with van der Waals surface area (Å²) in [6.07, 6.45) is 4.05. The van der Waals surface area contributed by atoms with E-state index in [1.54, 1.807) is 12.3 Å². The van der Waals surface area contributed by atoms with Crippen molar-refractivity contribution >= 4 is 16.7 Å². The lowest BCUT2D eigenvalue weighted by Gasteiger charge is -2.05. The van der Waals surface area contributed by atoms with Crippen LogP contribution in [0.5, 0.6) is 0 Å². The van der Waals surface area contributed by atoms with E-state index in [-0.39, 0.29) is 12.0 Å². The molecule has 0 amide bonds. The van der Waals surface area contributed by atoms with Crippen molar-refractivity contribution in [3.63, 3.8) is 0 Å². The molecule has 5 nitrogen and oxygen atoms in total. The average Bonchev–Trinajstić information content (AvgIpc) is 2.41. The van der Waals surface area contributed by atoms with Crippen molar-refractivity contribution in [2.75, 3.05) is 0 Å². The number of carboxylic acids is 1. The van der Waals surface area contributed by atoms with Crippen LogP contribution >= 0.6 is 0 Å². The van der Waals surface area contributed by atoms with Gasteiger partial charge in [0.05, 0.1) is 11.6 Å². The number of aromatic nitrogens is 2. The summed E-state index contributed by atoms with van der Waals surface area (Å²) in [7, 11) is 0. The van der Waals surface area contributed by atoms with Crippen molar-refractivity contribution in [1.29, 1.82) is 0 Å². The van der Waals surface area contributed by atoms with Crippen LogP contribution in [0.3, 0.4) is 0 Å². The molecule has 5 heteroatoms. The third-order valence-corrected chi connectivity index (χ3v) is 3.02. The van der Waals surface area contributed by atoms with Gasteiger partial charge in [0.15, 0.2) is 0 Å². The van der Waals surface area contributed by atoms with Crippen LogP contribution in [0.1, 0.15) is 25.7 Å². The van der Waals surface area contributed by atoms with Gasteiger partial charge in [-0.2, -0.15) is 5.10 Å². The molecule has 0 aliphatic rings. The molecule has 0 bridgehead atoms. The number of carboxylic acid groups (broad SMARTS) is 1. The highest BCUT2D eigenvalue weighted by Crippen LogP contribution is 2.07. The molecule has 0 aliphatic carbocycles. The van der Waals surface area contributed by atoms with E-state index in [0.717, 1.165) is 18.2 Å². The van der Waals surface area contributed by atoms with E-state index < -0.39 is 5.97 Å². The largest absolute Gasteiger partial charge is 0.481 e. The first-order valence-corrected chi connectivity index (χ1v) is 6.35. The lowest BCUT2D eigenvalue weighted by Crippen LogP contribution is -2.22. The summed E-state index contributed by atoms with van der Waals surface area (Å²) in [5.74, 6) is -0.777. The van der Waals surface area contributed by atoms with Crippen LogP contribution in [-0.4, -0.2) is 20.9 Å². The summed E-state index contributed by atoms with van der Waals surface area (Å²) in [5.41, 5.74) is -0.0867. The third-order valence-electron chi connectivity index (χ3n) is 3.02. The molecule has 1 aromatic heterocycles. The molecular formula is C14H16N2O3. The number of benzene rings is 1. The minimum Gasteiger partial charge on any atom is -0.481 e. The number of carbonyl (C=O) groups is 1. The molecule has 2 aromatic rings. The highest BCUT2D eigenvalue weighted by Gasteiger charge is 2.03. The Balaban J connectivity index is 1.99. The molecule has 1 heterocycles. The molecule has 1 aromatic carbocycles. The molecule has 1 N–H and O–H groups in total. The van der Waals surface area contributed by atoms with Gasteiger partial charge in [-0.05, 0) is 18.9 Å². The average molecular weight is 260 g/mol. The van der Waals surface area contributed by atoms with E-state index in [2.05, 4.69) is 5.10 Å². The summed E-state index contributed by atoms with van der Waals surface area (Å²) in [6, 6.07) is 7.36. The van der Waals surface area contributed by atoms with Crippen LogP contribution in [0.15, 0.2) is 35.3 Å². The summed E-state index contributed by atoms with van der Waals surface area (Å²) in [5, 5.41) is 14.2. The van der Waals surface area contributed by atoms with Crippen molar-refractivity contribution in [3.8, 4) is 0 Å². The van der Waals surface area contributed by atoms with Crippen molar-refractivity contribution in [3.05, 3.63) is 40.8 Å². The van der Waals surface area contributed by atoms with Gasteiger partial charge in [-0.1, -0.05) is 24.6 Å². The van der Waals surface area contributed by atoms with Crippen LogP contribution in [0.4, 0.5) is 0 Å². The zero-order valence-electron chi connectivity index (χ0n) is 10.6. The second-order valence-corrected chi connectivity index (χ2v) is 4.46. The second-order valence-electron chi connectivity index (χ2n) is 4.46. The predicted molar refractivity (Wildman–Crippen MR) is 72.1 cm³/mol. The number of nitrogens with zero attached hydrogens (tertiary/aromatic N) is 2. The molecule has 0 radical (unpaired) electrons. The number of rotatable bonds is 6. The van der Waals surface area contributed by atoms with Gasteiger partial charge in [0, 0.05) is 18.4 Å². The van der Waals surface area contributed by atoms with Gasteiger partial charge >= 0.3 is 5.97 Å². The minimum atomic E-state index is -0.777. The monoisotopic (exact) mass is 260 g/mol. The van der Waals surface area contributed by atoms with Crippen molar-refractivity contribution in [2.45, 2.75) is 32.2 Å². The number of hydrogen-bond acceptors (Lipinski definition) is 3. The third kappa shape index (κ3) is 3.40. The first-order valence-electron chi connectivity index (χ1n) is 6.35. The van der Waals surface area contributed by atoms with Gasteiger partial charge in [0.2, 0.25) is 0 Å². The van der Waals surface area contributed by atoms with Gasteiger partial charge in [-0.15, -0.1) is 0 Å². The van der Waals surface area contributed by atoms with E-state index in [4.69, 9.17) is 5.11 Å². The van der Waals surface area contributed by atoms with Crippen LogP contribution < -0.4 is 5.56 Å².